The molecule has 0 bridgehead atoms. The monoisotopic (exact) mass is 266 g/mol. The molecular weight excluding hydrogens is 248 g/mol. The van der Waals surface area contributed by atoms with Gasteiger partial charge in [-0.25, -0.2) is 0 Å². The van der Waals surface area contributed by atoms with Crippen molar-refractivity contribution in [3.8, 4) is 11.3 Å². The lowest BCUT2D eigenvalue weighted by Gasteiger charge is -2.32. The Labute approximate surface area is 119 Å². The first kappa shape index (κ1) is 12.9. The van der Waals surface area contributed by atoms with Crippen molar-refractivity contribution in [1.29, 1.82) is 0 Å². The van der Waals surface area contributed by atoms with Crippen molar-refractivity contribution < 1.29 is 4.79 Å². The Hall–Kier alpha value is -2.16. The fourth-order valence-corrected chi connectivity index (χ4v) is 2.76. The summed E-state index contributed by atoms with van der Waals surface area (Å²) in [6.07, 6.45) is 4.81. The molecule has 1 aromatic carbocycles. The van der Waals surface area contributed by atoms with E-state index in [1.807, 2.05) is 30.5 Å². The zero-order valence-corrected chi connectivity index (χ0v) is 11.4. The Morgan fingerprint density at radius 2 is 1.80 bits per heavy atom. The summed E-state index contributed by atoms with van der Waals surface area (Å²) in [5, 5.41) is 0. The van der Waals surface area contributed by atoms with Gasteiger partial charge in [0.15, 0.2) is 0 Å². The highest BCUT2D eigenvalue weighted by atomic mass is 16.1. The van der Waals surface area contributed by atoms with Crippen LogP contribution in [0.5, 0.6) is 0 Å². The number of piperidine rings is 1. The van der Waals surface area contributed by atoms with Crippen LogP contribution in [0.3, 0.4) is 0 Å². The lowest BCUT2D eigenvalue weighted by molar-refractivity contribution is -0.111. The van der Waals surface area contributed by atoms with E-state index in [1.54, 1.807) is 0 Å². The molecular formula is C17H18N2O. The van der Waals surface area contributed by atoms with Crippen LogP contribution in [0.25, 0.3) is 11.3 Å². The molecule has 1 aliphatic rings. The minimum Gasteiger partial charge on any atom is -0.371 e. The number of aromatic nitrogens is 1. The standard InChI is InChI=1S/C17H18N2O/c20-13-14-8-11-19(12-9-14)17-7-2-1-5-15(17)16-6-3-4-10-18-16/h1-7,10,13-14H,8-9,11-12H2. The summed E-state index contributed by atoms with van der Waals surface area (Å²) in [6, 6.07) is 14.4. The van der Waals surface area contributed by atoms with Crippen molar-refractivity contribution in [1.82, 2.24) is 4.98 Å². The molecule has 1 fully saturated rings. The van der Waals surface area contributed by atoms with E-state index in [9.17, 15) is 4.79 Å². The van der Waals surface area contributed by atoms with Gasteiger partial charge >= 0.3 is 0 Å². The van der Waals surface area contributed by atoms with Crippen molar-refractivity contribution in [3.05, 3.63) is 48.7 Å². The molecule has 2 aromatic rings. The Morgan fingerprint density at radius 3 is 2.50 bits per heavy atom. The number of aldehydes is 1. The van der Waals surface area contributed by atoms with Crippen molar-refractivity contribution in [2.45, 2.75) is 12.8 Å². The summed E-state index contributed by atoms with van der Waals surface area (Å²) in [6.45, 7) is 1.88. The lowest BCUT2D eigenvalue weighted by atomic mass is 9.97. The van der Waals surface area contributed by atoms with Crippen molar-refractivity contribution >= 4 is 12.0 Å². The summed E-state index contributed by atoms with van der Waals surface area (Å²) < 4.78 is 0. The van der Waals surface area contributed by atoms with Gasteiger partial charge < -0.3 is 9.69 Å². The fraction of sp³-hybridized carbons (Fsp3) is 0.294. The van der Waals surface area contributed by atoms with Crippen molar-refractivity contribution in [2.75, 3.05) is 18.0 Å². The van der Waals surface area contributed by atoms with E-state index in [-0.39, 0.29) is 5.92 Å². The van der Waals surface area contributed by atoms with Gasteiger partial charge in [-0.05, 0) is 31.0 Å². The average molecular weight is 266 g/mol. The third-order valence-electron chi connectivity index (χ3n) is 3.92. The smallest absolute Gasteiger partial charge is 0.123 e. The minimum absolute atomic E-state index is 0.230. The maximum Gasteiger partial charge on any atom is 0.123 e. The van der Waals surface area contributed by atoms with Gasteiger partial charge in [-0.2, -0.15) is 0 Å². The zero-order valence-electron chi connectivity index (χ0n) is 11.4. The molecule has 2 heterocycles. The Balaban J connectivity index is 1.89. The zero-order chi connectivity index (χ0) is 13.8. The van der Waals surface area contributed by atoms with Crippen LogP contribution < -0.4 is 4.90 Å². The quantitative estimate of drug-likeness (QED) is 0.800. The number of carbonyl (C=O) groups is 1. The summed E-state index contributed by atoms with van der Waals surface area (Å²) in [4.78, 5) is 17.7. The lowest BCUT2D eigenvalue weighted by Crippen LogP contribution is -2.34. The molecule has 1 aliphatic heterocycles. The fourth-order valence-electron chi connectivity index (χ4n) is 2.76. The van der Waals surface area contributed by atoms with Crippen LogP contribution in [-0.2, 0) is 4.79 Å². The molecule has 0 saturated carbocycles. The molecule has 0 N–H and O–H groups in total. The molecule has 20 heavy (non-hydrogen) atoms. The Morgan fingerprint density at radius 1 is 1.05 bits per heavy atom. The number of benzene rings is 1. The number of hydrogen-bond acceptors (Lipinski definition) is 3. The maximum atomic E-state index is 10.9. The van der Waals surface area contributed by atoms with E-state index in [0.717, 1.165) is 43.5 Å². The van der Waals surface area contributed by atoms with Crippen LogP contribution in [0, 0.1) is 5.92 Å². The molecule has 3 rings (SSSR count). The van der Waals surface area contributed by atoms with Crippen LogP contribution in [0.1, 0.15) is 12.8 Å². The molecule has 1 aromatic heterocycles. The van der Waals surface area contributed by atoms with E-state index < -0.39 is 0 Å². The highest BCUT2D eigenvalue weighted by molar-refractivity contribution is 5.76. The van der Waals surface area contributed by atoms with Gasteiger partial charge in [0, 0.05) is 36.5 Å². The molecule has 0 aliphatic carbocycles. The predicted octanol–water partition coefficient (Wildman–Crippen LogP) is 3.16. The number of para-hydroxylation sites is 1. The second kappa shape index (κ2) is 5.87. The number of pyridine rings is 1. The first-order chi connectivity index (χ1) is 9.88. The van der Waals surface area contributed by atoms with E-state index in [2.05, 4.69) is 28.1 Å². The van der Waals surface area contributed by atoms with Crippen LogP contribution in [0.15, 0.2) is 48.7 Å². The van der Waals surface area contributed by atoms with Gasteiger partial charge in [0.05, 0.1) is 5.69 Å². The minimum atomic E-state index is 0.230. The Bertz CT molecular complexity index is 575. The first-order valence-electron chi connectivity index (χ1n) is 7.09. The second-order valence-electron chi connectivity index (χ2n) is 5.19. The number of hydrogen-bond donors (Lipinski definition) is 0. The van der Waals surface area contributed by atoms with Gasteiger partial charge in [-0.15, -0.1) is 0 Å². The third-order valence-corrected chi connectivity index (χ3v) is 3.92. The van der Waals surface area contributed by atoms with Gasteiger partial charge in [0.2, 0.25) is 0 Å². The maximum absolute atomic E-state index is 10.9. The topological polar surface area (TPSA) is 33.2 Å². The van der Waals surface area contributed by atoms with Crippen molar-refractivity contribution in [3.63, 3.8) is 0 Å². The van der Waals surface area contributed by atoms with Crippen LogP contribution in [-0.4, -0.2) is 24.4 Å². The number of anilines is 1. The molecule has 0 amide bonds. The van der Waals surface area contributed by atoms with E-state index >= 15 is 0 Å². The molecule has 3 nitrogen and oxygen atoms in total. The summed E-state index contributed by atoms with van der Waals surface area (Å²) in [7, 11) is 0. The molecule has 0 spiro atoms. The SMILES string of the molecule is O=CC1CCN(c2ccccc2-c2ccccn2)CC1. The molecule has 102 valence electrons. The van der Waals surface area contributed by atoms with E-state index in [1.165, 1.54) is 5.69 Å². The molecule has 0 unspecified atom stereocenters. The number of rotatable bonds is 3. The highest BCUT2D eigenvalue weighted by Crippen LogP contribution is 2.31. The first-order valence-corrected chi connectivity index (χ1v) is 7.09. The van der Waals surface area contributed by atoms with Gasteiger partial charge in [0.1, 0.15) is 6.29 Å². The van der Waals surface area contributed by atoms with E-state index in [4.69, 9.17) is 0 Å². The van der Waals surface area contributed by atoms with Crippen molar-refractivity contribution in [2.24, 2.45) is 5.92 Å². The predicted molar refractivity (Wildman–Crippen MR) is 80.7 cm³/mol. The number of nitrogens with zero attached hydrogens (tertiary/aromatic N) is 2. The normalized spacial score (nSPS) is 16.1. The van der Waals surface area contributed by atoms with Gasteiger partial charge in [-0.3, -0.25) is 4.98 Å². The average Bonchev–Trinajstić information content (AvgIpc) is 2.56. The largest absolute Gasteiger partial charge is 0.371 e. The summed E-state index contributed by atoms with van der Waals surface area (Å²) >= 11 is 0. The second-order valence-corrected chi connectivity index (χ2v) is 5.19. The van der Waals surface area contributed by atoms with Gasteiger partial charge in [0.25, 0.3) is 0 Å². The van der Waals surface area contributed by atoms with Crippen LogP contribution in [0.4, 0.5) is 5.69 Å². The summed E-state index contributed by atoms with van der Waals surface area (Å²) in [5.74, 6) is 0.230. The molecule has 0 atom stereocenters. The molecule has 1 saturated heterocycles. The molecule has 3 heteroatoms. The van der Waals surface area contributed by atoms with Gasteiger partial charge in [-0.1, -0.05) is 24.3 Å². The van der Waals surface area contributed by atoms with Crippen LogP contribution in [0.2, 0.25) is 0 Å². The summed E-state index contributed by atoms with van der Waals surface area (Å²) in [5.41, 5.74) is 3.38. The Kier molecular flexibility index (Phi) is 3.77. The number of carbonyl (C=O) groups excluding carboxylic acids is 1. The highest BCUT2D eigenvalue weighted by Gasteiger charge is 2.20. The molecule has 0 radical (unpaired) electrons. The van der Waals surface area contributed by atoms with Crippen LogP contribution >= 0.6 is 0 Å². The van der Waals surface area contributed by atoms with E-state index in [0.29, 0.717) is 0 Å². The third kappa shape index (κ3) is 2.57.